The van der Waals surface area contributed by atoms with Gasteiger partial charge < -0.3 is 15.1 Å². The molecule has 1 aromatic carbocycles. The molecule has 1 amide bonds. The second kappa shape index (κ2) is 8.50. The topological polar surface area (TPSA) is 35.6 Å². The first-order chi connectivity index (χ1) is 12.1. The first-order valence-corrected chi connectivity index (χ1v) is 9.86. The summed E-state index contributed by atoms with van der Waals surface area (Å²) in [6.07, 6.45) is 2.44. The number of benzene rings is 1. The summed E-state index contributed by atoms with van der Waals surface area (Å²) in [5, 5.41) is 5.15. The van der Waals surface area contributed by atoms with Gasteiger partial charge in [-0.25, -0.2) is 0 Å². The molecule has 0 spiro atoms. The quantitative estimate of drug-likeness (QED) is 0.855. The molecule has 0 aliphatic carbocycles. The Morgan fingerprint density at radius 1 is 1.20 bits per heavy atom. The van der Waals surface area contributed by atoms with E-state index in [4.69, 9.17) is 0 Å². The van der Waals surface area contributed by atoms with E-state index in [0.717, 1.165) is 50.3 Å². The number of nitrogens with one attached hydrogen (secondary N) is 1. The summed E-state index contributed by atoms with van der Waals surface area (Å²) in [7, 11) is 2.17. The smallest absolute Gasteiger partial charge is 0.224 e. The van der Waals surface area contributed by atoms with Crippen molar-refractivity contribution in [3.05, 3.63) is 46.2 Å². The van der Waals surface area contributed by atoms with Crippen LogP contribution in [-0.2, 0) is 11.2 Å². The molecule has 0 bridgehead atoms. The van der Waals surface area contributed by atoms with Gasteiger partial charge in [0.1, 0.15) is 0 Å². The van der Waals surface area contributed by atoms with E-state index >= 15 is 0 Å². The maximum absolute atomic E-state index is 12.2. The lowest BCUT2D eigenvalue weighted by Gasteiger charge is -2.34. The van der Waals surface area contributed by atoms with Crippen LogP contribution in [0.5, 0.6) is 0 Å². The number of carbonyl (C=O) groups is 1. The molecule has 0 unspecified atom stereocenters. The molecule has 5 heteroatoms. The third-order valence-corrected chi connectivity index (χ3v) is 5.70. The van der Waals surface area contributed by atoms with Crippen LogP contribution in [0.25, 0.3) is 0 Å². The lowest BCUT2D eigenvalue weighted by Crippen LogP contribution is -2.44. The highest BCUT2D eigenvalue weighted by atomic mass is 32.1. The van der Waals surface area contributed by atoms with E-state index in [1.165, 1.54) is 10.6 Å². The van der Waals surface area contributed by atoms with Gasteiger partial charge in [0.2, 0.25) is 5.91 Å². The van der Waals surface area contributed by atoms with Crippen molar-refractivity contribution in [3.63, 3.8) is 0 Å². The lowest BCUT2D eigenvalue weighted by atomic mass is 10.1. The van der Waals surface area contributed by atoms with Crippen molar-refractivity contribution in [2.24, 2.45) is 0 Å². The molecule has 0 saturated carbocycles. The Labute approximate surface area is 154 Å². The van der Waals surface area contributed by atoms with Crippen LogP contribution in [0.15, 0.2) is 35.7 Å². The largest absolute Gasteiger partial charge is 0.369 e. The molecule has 0 radical (unpaired) electrons. The normalized spacial score (nSPS) is 15.4. The summed E-state index contributed by atoms with van der Waals surface area (Å²) in [5.74, 6) is 0.104. The summed E-state index contributed by atoms with van der Waals surface area (Å²) < 4.78 is 0. The maximum atomic E-state index is 12.2. The minimum absolute atomic E-state index is 0.104. The Hall–Kier alpha value is -1.85. The zero-order valence-corrected chi connectivity index (χ0v) is 15.9. The summed E-state index contributed by atoms with van der Waals surface area (Å²) in [5.41, 5.74) is 3.31. The number of nitrogens with zero attached hydrogens (tertiary/aromatic N) is 2. The number of hydrogen-bond acceptors (Lipinski definition) is 4. The molecule has 1 fully saturated rings. The summed E-state index contributed by atoms with van der Waals surface area (Å²) in [4.78, 5) is 18.3. The molecule has 3 rings (SSSR count). The molecule has 134 valence electrons. The first kappa shape index (κ1) is 18.0. The molecule has 25 heavy (non-hydrogen) atoms. The van der Waals surface area contributed by atoms with E-state index in [1.54, 1.807) is 11.3 Å². The SMILES string of the molecule is Cc1cc(N2CCN(C)CC2)ccc1NC(=O)CCCc1cccs1. The fraction of sp³-hybridized carbons (Fsp3) is 0.450. The van der Waals surface area contributed by atoms with Crippen LogP contribution < -0.4 is 10.2 Å². The highest BCUT2D eigenvalue weighted by Crippen LogP contribution is 2.24. The Kier molecular flexibility index (Phi) is 6.10. The van der Waals surface area contributed by atoms with Crippen LogP contribution >= 0.6 is 11.3 Å². The Morgan fingerprint density at radius 2 is 2.00 bits per heavy atom. The van der Waals surface area contributed by atoms with Gasteiger partial charge in [-0.3, -0.25) is 4.79 Å². The van der Waals surface area contributed by atoms with Crippen molar-refractivity contribution < 1.29 is 4.79 Å². The highest BCUT2D eigenvalue weighted by Gasteiger charge is 2.15. The molecule has 4 nitrogen and oxygen atoms in total. The second-order valence-corrected chi connectivity index (χ2v) is 7.80. The second-order valence-electron chi connectivity index (χ2n) is 6.77. The number of likely N-dealkylation sites (N-methyl/N-ethyl adjacent to an activating group) is 1. The fourth-order valence-corrected chi connectivity index (χ4v) is 3.89. The first-order valence-electron chi connectivity index (χ1n) is 8.98. The average molecular weight is 358 g/mol. The van der Waals surface area contributed by atoms with Crippen molar-refractivity contribution in [2.75, 3.05) is 43.4 Å². The predicted octanol–water partition coefficient (Wildman–Crippen LogP) is 3.77. The van der Waals surface area contributed by atoms with E-state index in [0.29, 0.717) is 6.42 Å². The van der Waals surface area contributed by atoms with Crippen LogP contribution in [0.3, 0.4) is 0 Å². The number of anilines is 2. The van der Waals surface area contributed by atoms with Crippen LogP contribution in [0.2, 0.25) is 0 Å². The number of hydrogen-bond donors (Lipinski definition) is 1. The van der Waals surface area contributed by atoms with Gasteiger partial charge in [0, 0.05) is 48.9 Å². The van der Waals surface area contributed by atoms with Crippen LogP contribution in [0.4, 0.5) is 11.4 Å². The molecule has 1 aliphatic rings. The molecule has 0 atom stereocenters. The fourth-order valence-electron chi connectivity index (χ4n) is 3.14. The van der Waals surface area contributed by atoms with Crippen molar-refractivity contribution in [1.29, 1.82) is 0 Å². The Balaban J connectivity index is 1.51. The van der Waals surface area contributed by atoms with Crippen molar-refractivity contribution >= 4 is 28.6 Å². The van der Waals surface area contributed by atoms with Crippen molar-refractivity contribution in [1.82, 2.24) is 4.90 Å². The Morgan fingerprint density at radius 3 is 2.68 bits per heavy atom. The summed E-state index contributed by atoms with van der Waals surface area (Å²) in [6, 6.07) is 10.5. The molecule has 1 aromatic heterocycles. The van der Waals surface area contributed by atoms with E-state index in [1.807, 2.05) is 6.07 Å². The number of amides is 1. The third-order valence-electron chi connectivity index (χ3n) is 4.76. The molecule has 2 heterocycles. The van der Waals surface area contributed by atoms with Crippen molar-refractivity contribution in [3.8, 4) is 0 Å². The van der Waals surface area contributed by atoms with E-state index < -0.39 is 0 Å². The molecule has 1 saturated heterocycles. The van der Waals surface area contributed by atoms with Gasteiger partial charge in [0.15, 0.2) is 0 Å². The van der Waals surface area contributed by atoms with Gasteiger partial charge >= 0.3 is 0 Å². The molecule has 1 N–H and O–H groups in total. The number of aryl methyl sites for hydroxylation is 2. The zero-order valence-electron chi connectivity index (χ0n) is 15.1. The minimum Gasteiger partial charge on any atom is -0.369 e. The predicted molar refractivity (Wildman–Crippen MR) is 107 cm³/mol. The third kappa shape index (κ3) is 5.06. The molecule has 2 aromatic rings. The monoisotopic (exact) mass is 357 g/mol. The van der Waals surface area contributed by atoms with Crippen LogP contribution in [0.1, 0.15) is 23.3 Å². The van der Waals surface area contributed by atoms with Gasteiger partial charge in [-0.2, -0.15) is 0 Å². The minimum atomic E-state index is 0.104. The van der Waals surface area contributed by atoms with Crippen molar-refractivity contribution in [2.45, 2.75) is 26.2 Å². The molecular formula is C20H27N3OS. The van der Waals surface area contributed by atoms with Crippen LogP contribution in [0, 0.1) is 6.92 Å². The van der Waals surface area contributed by atoms with Gasteiger partial charge in [-0.1, -0.05) is 6.07 Å². The number of piperazine rings is 1. The van der Waals surface area contributed by atoms with E-state index in [-0.39, 0.29) is 5.91 Å². The number of carbonyl (C=O) groups excluding carboxylic acids is 1. The van der Waals surface area contributed by atoms with Crippen LogP contribution in [-0.4, -0.2) is 44.0 Å². The van der Waals surface area contributed by atoms with Gasteiger partial charge in [0.05, 0.1) is 0 Å². The standard InChI is InChI=1S/C20H27N3OS/c1-16-15-17(23-12-10-22(2)11-13-23)8-9-19(16)21-20(24)7-3-5-18-6-4-14-25-18/h4,6,8-9,14-15H,3,5,7,10-13H2,1-2H3,(H,21,24). The van der Waals surface area contributed by atoms with Gasteiger partial charge in [-0.05, 0) is 62.0 Å². The summed E-state index contributed by atoms with van der Waals surface area (Å²) in [6.45, 7) is 6.39. The summed E-state index contributed by atoms with van der Waals surface area (Å²) >= 11 is 1.76. The average Bonchev–Trinajstić information content (AvgIpc) is 3.11. The highest BCUT2D eigenvalue weighted by molar-refractivity contribution is 7.09. The van der Waals surface area contributed by atoms with Gasteiger partial charge in [0.25, 0.3) is 0 Å². The zero-order chi connectivity index (χ0) is 17.6. The Bertz CT molecular complexity index is 691. The van der Waals surface area contributed by atoms with E-state index in [2.05, 4.69) is 58.7 Å². The van der Waals surface area contributed by atoms with Gasteiger partial charge in [-0.15, -0.1) is 11.3 Å². The lowest BCUT2D eigenvalue weighted by molar-refractivity contribution is -0.116. The number of rotatable bonds is 6. The molecule has 1 aliphatic heterocycles. The number of thiophene rings is 1. The molecular weight excluding hydrogens is 330 g/mol. The maximum Gasteiger partial charge on any atom is 0.224 e. The van der Waals surface area contributed by atoms with E-state index in [9.17, 15) is 4.79 Å².